The van der Waals surface area contributed by atoms with Crippen molar-refractivity contribution >= 4 is 10.0 Å². The van der Waals surface area contributed by atoms with Gasteiger partial charge in [0.25, 0.3) is 0 Å². The van der Waals surface area contributed by atoms with Crippen LogP contribution in [-0.4, -0.2) is 49.3 Å². The van der Waals surface area contributed by atoms with Crippen molar-refractivity contribution in [2.75, 3.05) is 26.8 Å². The lowest BCUT2D eigenvalue weighted by molar-refractivity contribution is -0.106. The van der Waals surface area contributed by atoms with Gasteiger partial charge in [-0.3, -0.25) is 0 Å². The summed E-state index contributed by atoms with van der Waals surface area (Å²) in [5.74, 6) is 0.319. The molecule has 0 bridgehead atoms. The van der Waals surface area contributed by atoms with Crippen molar-refractivity contribution < 1.29 is 13.2 Å². The molecule has 0 unspecified atom stereocenters. The van der Waals surface area contributed by atoms with Crippen molar-refractivity contribution in [3.8, 4) is 5.69 Å². The number of aromatic nitrogens is 2. The minimum absolute atomic E-state index is 0.0669. The van der Waals surface area contributed by atoms with Gasteiger partial charge in [0.15, 0.2) is 0 Å². The van der Waals surface area contributed by atoms with Crippen molar-refractivity contribution in [2.24, 2.45) is 16.7 Å². The Morgan fingerprint density at radius 1 is 1.21 bits per heavy atom. The Morgan fingerprint density at radius 3 is 2.50 bits per heavy atom. The molecule has 0 amide bonds. The largest absolute Gasteiger partial charge is 0.384 e. The highest BCUT2D eigenvalue weighted by Gasteiger charge is 2.64. The Kier molecular flexibility index (Phi) is 4.48. The Balaban J connectivity index is 1.72. The lowest BCUT2D eigenvalue weighted by atomic mass is 9.48. The fourth-order valence-electron chi connectivity index (χ4n) is 5.70. The van der Waals surface area contributed by atoms with Gasteiger partial charge in [-0.1, -0.05) is 32.0 Å². The maximum atomic E-state index is 13.6. The van der Waals surface area contributed by atoms with Gasteiger partial charge in [0, 0.05) is 25.6 Å². The van der Waals surface area contributed by atoms with E-state index < -0.39 is 10.0 Å². The van der Waals surface area contributed by atoms with E-state index in [1.54, 1.807) is 23.0 Å². The molecular formula is C21H29N3O3S. The fourth-order valence-corrected chi connectivity index (χ4v) is 7.60. The van der Waals surface area contributed by atoms with Gasteiger partial charge in [0.2, 0.25) is 10.0 Å². The molecule has 0 radical (unpaired) electrons. The molecule has 1 saturated carbocycles. The Bertz CT molecular complexity index is 997. The number of para-hydroxylation sites is 1. The molecule has 1 aromatic heterocycles. The second-order valence-electron chi connectivity index (χ2n) is 9.06. The van der Waals surface area contributed by atoms with Gasteiger partial charge in [0.05, 0.1) is 23.7 Å². The van der Waals surface area contributed by atoms with E-state index in [1.807, 2.05) is 37.3 Å². The van der Waals surface area contributed by atoms with Crippen LogP contribution in [0.5, 0.6) is 0 Å². The highest BCUT2D eigenvalue weighted by Crippen LogP contribution is 2.63. The maximum absolute atomic E-state index is 13.6. The third-order valence-electron chi connectivity index (χ3n) is 6.62. The minimum Gasteiger partial charge on any atom is -0.384 e. The first-order valence-corrected chi connectivity index (χ1v) is 11.2. The second-order valence-corrected chi connectivity index (χ2v) is 10.9. The first kappa shape index (κ1) is 19.6. The molecule has 6 nitrogen and oxygen atoms in total. The Labute approximate surface area is 167 Å². The molecule has 2 aliphatic rings. The first-order valence-electron chi connectivity index (χ1n) is 9.73. The van der Waals surface area contributed by atoms with E-state index in [4.69, 9.17) is 4.74 Å². The van der Waals surface area contributed by atoms with Crippen LogP contribution in [0.4, 0.5) is 0 Å². The van der Waals surface area contributed by atoms with Gasteiger partial charge in [-0.2, -0.15) is 9.40 Å². The van der Waals surface area contributed by atoms with Crippen LogP contribution in [0.2, 0.25) is 0 Å². The van der Waals surface area contributed by atoms with Crippen LogP contribution < -0.4 is 0 Å². The van der Waals surface area contributed by atoms with E-state index in [1.165, 1.54) is 0 Å². The summed E-state index contributed by atoms with van der Waals surface area (Å²) in [5.41, 5.74) is 2.13. The normalized spacial score (nSPS) is 26.8. The van der Waals surface area contributed by atoms with Crippen LogP contribution in [0.25, 0.3) is 5.69 Å². The lowest BCUT2D eigenvalue weighted by Crippen LogP contribution is -2.55. The van der Waals surface area contributed by atoms with Crippen LogP contribution in [0.3, 0.4) is 0 Å². The molecule has 2 aromatic rings. The number of hydrogen-bond acceptors (Lipinski definition) is 4. The molecule has 1 aliphatic carbocycles. The minimum atomic E-state index is -3.63. The molecule has 1 saturated heterocycles. The van der Waals surface area contributed by atoms with E-state index in [9.17, 15) is 8.42 Å². The molecular weight excluding hydrogens is 374 g/mol. The summed E-state index contributed by atoms with van der Waals surface area (Å²) < 4.78 is 36.1. The zero-order valence-corrected chi connectivity index (χ0v) is 18.1. The average molecular weight is 404 g/mol. The smallest absolute Gasteiger partial charge is 0.246 e. The number of rotatable bonds is 5. The Morgan fingerprint density at radius 2 is 1.89 bits per heavy atom. The highest BCUT2D eigenvalue weighted by molar-refractivity contribution is 7.89. The van der Waals surface area contributed by atoms with Crippen LogP contribution in [0.1, 0.15) is 31.7 Å². The van der Waals surface area contributed by atoms with Gasteiger partial charge in [-0.25, -0.2) is 13.1 Å². The van der Waals surface area contributed by atoms with Crippen molar-refractivity contribution in [2.45, 2.75) is 39.0 Å². The molecule has 28 heavy (non-hydrogen) atoms. The van der Waals surface area contributed by atoms with Gasteiger partial charge in [-0.05, 0) is 43.7 Å². The third-order valence-corrected chi connectivity index (χ3v) is 8.69. The first-order chi connectivity index (χ1) is 13.1. The molecule has 7 heteroatoms. The van der Waals surface area contributed by atoms with Gasteiger partial charge >= 0.3 is 0 Å². The van der Waals surface area contributed by atoms with Crippen molar-refractivity contribution in [3.05, 3.63) is 41.7 Å². The summed E-state index contributed by atoms with van der Waals surface area (Å²) >= 11 is 0. The average Bonchev–Trinajstić information content (AvgIpc) is 3.11. The van der Waals surface area contributed by atoms with E-state index in [2.05, 4.69) is 18.9 Å². The standard InChI is InChI=1S/C21H29N3O3S/c1-15-19(16(2)24(22-15)17-9-7-6-8-10-17)28(25,26)23-11-18-20(3,4)12-21(18,13-23)14-27-5/h6-10,18H,11-14H2,1-5H3/t18-,21-/m1/s1. The summed E-state index contributed by atoms with van der Waals surface area (Å²) in [5, 5.41) is 4.54. The molecule has 1 aromatic carbocycles. The van der Waals surface area contributed by atoms with Gasteiger partial charge in [-0.15, -0.1) is 0 Å². The quantitative estimate of drug-likeness (QED) is 0.769. The fraction of sp³-hybridized carbons (Fsp3) is 0.571. The molecule has 1 aliphatic heterocycles. The lowest BCUT2D eigenvalue weighted by Gasteiger charge is -2.56. The van der Waals surface area contributed by atoms with Crippen molar-refractivity contribution in [1.82, 2.24) is 14.1 Å². The maximum Gasteiger partial charge on any atom is 0.246 e. The van der Waals surface area contributed by atoms with Crippen LogP contribution >= 0.6 is 0 Å². The van der Waals surface area contributed by atoms with Gasteiger partial charge in [0.1, 0.15) is 4.90 Å². The number of hydrogen-bond donors (Lipinski definition) is 0. The van der Waals surface area contributed by atoms with Gasteiger partial charge < -0.3 is 4.74 Å². The zero-order valence-electron chi connectivity index (χ0n) is 17.3. The summed E-state index contributed by atoms with van der Waals surface area (Å²) in [6.07, 6.45) is 0.992. The number of benzene rings is 1. The van der Waals surface area contributed by atoms with Crippen LogP contribution in [0, 0.1) is 30.6 Å². The topological polar surface area (TPSA) is 64.4 Å². The molecule has 2 atom stereocenters. The van der Waals surface area contributed by atoms with E-state index >= 15 is 0 Å². The predicted molar refractivity (Wildman–Crippen MR) is 108 cm³/mol. The number of ether oxygens (including phenoxy) is 1. The molecule has 152 valence electrons. The predicted octanol–water partition coefficient (Wildman–Crippen LogP) is 3.17. The van der Waals surface area contributed by atoms with Crippen LogP contribution in [-0.2, 0) is 14.8 Å². The number of nitrogens with zero attached hydrogens (tertiary/aromatic N) is 3. The van der Waals surface area contributed by atoms with E-state index in [0.29, 0.717) is 41.9 Å². The summed E-state index contributed by atoms with van der Waals surface area (Å²) in [7, 11) is -1.92. The SMILES string of the molecule is COC[C@@]12CN(S(=O)(=O)c3c(C)nn(-c4ccccc4)c3C)C[C@@H]1C(C)(C)C2. The molecule has 2 heterocycles. The monoisotopic (exact) mass is 403 g/mol. The Hall–Kier alpha value is -1.70. The van der Waals surface area contributed by atoms with Crippen molar-refractivity contribution in [1.29, 1.82) is 0 Å². The third kappa shape index (κ3) is 2.75. The molecule has 0 spiro atoms. The molecule has 2 fully saturated rings. The summed E-state index contributed by atoms with van der Waals surface area (Å²) in [6.45, 7) is 9.74. The molecule has 0 N–H and O–H groups in total. The highest BCUT2D eigenvalue weighted by atomic mass is 32.2. The molecule has 4 rings (SSSR count). The number of sulfonamides is 1. The van der Waals surface area contributed by atoms with Crippen molar-refractivity contribution in [3.63, 3.8) is 0 Å². The van der Waals surface area contributed by atoms with E-state index in [-0.39, 0.29) is 10.8 Å². The second kappa shape index (κ2) is 6.40. The number of fused-ring (bicyclic) bond motifs is 1. The van der Waals surface area contributed by atoms with Crippen LogP contribution in [0.15, 0.2) is 35.2 Å². The summed E-state index contributed by atoms with van der Waals surface area (Å²) in [6, 6.07) is 9.65. The zero-order chi connectivity index (χ0) is 20.3. The summed E-state index contributed by atoms with van der Waals surface area (Å²) in [4.78, 5) is 0.336. The number of methoxy groups -OCH3 is 1. The number of aryl methyl sites for hydroxylation is 1. The van der Waals surface area contributed by atoms with E-state index in [0.717, 1.165) is 12.1 Å².